The number of unbranched alkanes of at least 4 members (excludes halogenated alkanes) is 1. The number of benzene rings is 1. The fraction of sp³-hybridized carbons (Fsp3) is 0.400. The van der Waals surface area contributed by atoms with Gasteiger partial charge in [-0.15, -0.1) is 11.3 Å². The van der Waals surface area contributed by atoms with Crippen LogP contribution in [-0.2, 0) is 0 Å². The Bertz CT molecular complexity index is 624. The van der Waals surface area contributed by atoms with E-state index < -0.39 is 0 Å². The van der Waals surface area contributed by atoms with E-state index in [9.17, 15) is 9.18 Å². The van der Waals surface area contributed by atoms with Crippen molar-refractivity contribution in [3.63, 3.8) is 0 Å². The number of fused-ring (bicyclic) bond motifs is 1. The standard InChI is InChI=1S/C15H19FN2OS/c1-3-4-5-9(2)18-15(19)14-13(17)11-8-10(16)6-7-12(11)20-14/h6-9H,3-5,17H2,1-2H3,(H,18,19). The Labute approximate surface area is 122 Å². The summed E-state index contributed by atoms with van der Waals surface area (Å²) < 4.78 is 14.1. The van der Waals surface area contributed by atoms with Crippen LogP contribution in [-0.4, -0.2) is 11.9 Å². The van der Waals surface area contributed by atoms with E-state index in [0.717, 1.165) is 24.0 Å². The molecule has 0 saturated heterocycles. The number of nitrogen functional groups attached to an aromatic ring is 1. The van der Waals surface area contributed by atoms with Crippen molar-refractivity contribution in [2.75, 3.05) is 5.73 Å². The Morgan fingerprint density at radius 1 is 1.50 bits per heavy atom. The number of amides is 1. The highest BCUT2D eigenvalue weighted by Crippen LogP contribution is 2.34. The maximum atomic E-state index is 13.2. The van der Waals surface area contributed by atoms with E-state index in [2.05, 4.69) is 12.2 Å². The fourth-order valence-corrected chi connectivity index (χ4v) is 3.14. The molecule has 0 aliphatic heterocycles. The summed E-state index contributed by atoms with van der Waals surface area (Å²) in [6.07, 6.45) is 3.13. The molecule has 1 unspecified atom stereocenters. The summed E-state index contributed by atoms with van der Waals surface area (Å²) in [6, 6.07) is 4.52. The summed E-state index contributed by atoms with van der Waals surface area (Å²) >= 11 is 1.30. The summed E-state index contributed by atoms with van der Waals surface area (Å²) in [4.78, 5) is 12.7. The van der Waals surface area contributed by atoms with Crippen molar-refractivity contribution >= 4 is 33.0 Å². The lowest BCUT2D eigenvalue weighted by Crippen LogP contribution is -2.32. The van der Waals surface area contributed by atoms with Gasteiger partial charge in [-0.1, -0.05) is 19.8 Å². The molecule has 2 rings (SSSR count). The number of carbonyl (C=O) groups excluding carboxylic acids is 1. The lowest BCUT2D eigenvalue weighted by Gasteiger charge is -2.12. The minimum atomic E-state index is -0.342. The first-order valence-electron chi connectivity index (χ1n) is 6.81. The third-order valence-electron chi connectivity index (χ3n) is 3.26. The number of hydrogen-bond acceptors (Lipinski definition) is 3. The van der Waals surface area contributed by atoms with Crippen molar-refractivity contribution in [2.24, 2.45) is 0 Å². The molecule has 0 saturated carbocycles. The molecular formula is C15H19FN2OS. The van der Waals surface area contributed by atoms with Crippen molar-refractivity contribution in [3.05, 3.63) is 28.9 Å². The van der Waals surface area contributed by atoms with Gasteiger partial charge in [0.25, 0.3) is 5.91 Å². The molecule has 0 radical (unpaired) electrons. The predicted octanol–water partition coefficient (Wildman–Crippen LogP) is 3.93. The summed E-state index contributed by atoms with van der Waals surface area (Å²) in [7, 11) is 0. The SMILES string of the molecule is CCCCC(C)NC(=O)c1sc2ccc(F)cc2c1N. The third-order valence-corrected chi connectivity index (χ3v) is 4.45. The lowest BCUT2D eigenvalue weighted by atomic mass is 10.1. The second-order valence-electron chi connectivity index (χ2n) is 5.00. The molecule has 108 valence electrons. The number of thiophene rings is 1. The Morgan fingerprint density at radius 2 is 2.25 bits per heavy atom. The predicted molar refractivity (Wildman–Crippen MR) is 82.6 cm³/mol. The van der Waals surface area contributed by atoms with E-state index >= 15 is 0 Å². The van der Waals surface area contributed by atoms with Gasteiger partial charge in [-0.2, -0.15) is 0 Å². The molecular weight excluding hydrogens is 275 g/mol. The van der Waals surface area contributed by atoms with Gasteiger partial charge in [-0.05, 0) is 31.5 Å². The second-order valence-corrected chi connectivity index (χ2v) is 6.05. The van der Waals surface area contributed by atoms with Gasteiger partial charge in [0.05, 0.1) is 5.69 Å². The smallest absolute Gasteiger partial charge is 0.263 e. The molecule has 1 atom stereocenters. The van der Waals surface area contributed by atoms with Crippen LogP contribution >= 0.6 is 11.3 Å². The zero-order chi connectivity index (χ0) is 14.7. The monoisotopic (exact) mass is 294 g/mol. The fourth-order valence-electron chi connectivity index (χ4n) is 2.13. The van der Waals surface area contributed by atoms with Crippen LogP contribution in [0.15, 0.2) is 18.2 Å². The first kappa shape index (κ1) is 14.8. The first-order chi connectivity index (χ1) is 9.52. The number of anilines is 1. The van der Waals surface area contributed by atoms with E-state index in [4.69, 9.17) is 5.73 Å². The maximum Gasteiger partial charge on any atom is 0.263 e. The molecule has 20 heavy (non-hydrogen) atoms. The topological polar surface area (TPSA) is 55.1 Å². The van der Waals surface area contributed by atoms with Crippen LogP contribution in [0.2, 0.25) is 0 Å². The van der Waals surface area contributed by atoms with Gasteiger partial charge in [0, 0.05) is 16.1 Å². The molecule has 1 aromatic carbocycles. The molecule has 1 amide bonds. The largest absolute Gasteiger partial charge is 0.397 e. The summed E-state index contributed by atoms with van der Waals surface area (Å²) in [5, 5.41) is 3.56. The first-order valence-corrected chi connectivity index (χ1v) is 7.63. The zero-order valence-electron chi connectivity index (χ0n) is 11.7. The minimum absolute atomic E-state index is 0.115. The summed E-state index contributed by atoms with van der Waals surface area (Å²) in [5.41, 5.74) is 6.33. The number of rotatable bonds is 5. The molecule has 2 aromatic rings. The summed E-state index contributed by atoms with van der Waals surface area (Å²) in [6.45, 7) is 4.10. The maximum absolute atomic E-state index is 13.2. The third kappa shape index (κ3) is 3.10. The Kier molecular flexibility index (Phi) is 4.60. The van der Waals surface area contributed by atoms with Crippen molar-refractivity contribution < 1.29 is 9.18 Å². The minimum Gasteiger partial charge on any atom is -0.397 e. The molecule has 0 bridgehead atoms. The highest BCUT2D eigenvalue weighted by molar-refractivity contribution is 7.21. The molecule has 3 nitrogen and oxygen atoms in total. The van der Waals surface area contributed by atoms with E-state index in [1.165, 1.54) is 23.5 Å². The van der Waals surface area contributed by atoms with E-state index in [1.807, 2.05) is 6.92 Å². The number of nitrogens with one attached hydrogen (secondary N) is 1. The van der Waals surface area contributed by atoms with Crippen LogP contribution in [0, 0.1) is 5.82 Å². The van der Waals surface area contributed by atoms with Gasteiger partial charge in [0.2, 0.25) is 0 Å². The van der Waals surface area contributed by atoms with Gasteiger partial charge in [0.15, 0.2) is 0 Å². The lowest BCUT2D eigenvalue weighted by molar-refractivity contribution is 0.0943. The molecule has 3 N–H and O–H groups in total. The molecule has 0 aliphatic carbocycles. The van der Waals surface area contributed by atoms with Gasteiger partial charge >= 0.3 is 0 Å². The Balaban J connectivity index is 2.20. The van der Waals surface area contributed by atoms with Crippen molar-refractivity contribution in [2.45, 2.75) is 39.2 Å². The van der Waals surface area contributed by atoms with Crippen LogP contribution in [0.3, 0.4) is 0 Å². The van der Waals surface area contributed by atoms with Crippen LogP contribution in [0.25, 0.3) is 10.1 Å². The number of nitrogens with two attached hydrogens (primary N) is 1. The van der Waals surface area contributed by atoms with Gasteiger partial charge in [-0.3, -0.25) is 4.79 Å². The quantitative estimate of drug-likeness (QED) is 0.877. The second kappa shape index (κ2) is 6.22. The normalized spacial score (nSPS) is 12.6. The van der Waals surface area contributed by atoms with Crippen LogP contribution in [0.4, 0.5) is 10.1 Å². The van der Waals surface area contributed by atoms with Crippen LogP contribution in [0.5, 0.6) is 0 Å². The zero-order valence-corrected chi connectivity index (χ0v) is 12.5. The molecule has 5 heteroatoms. The highest BCUT2D eigenvalue weighted by atomic mass is 32.1. The molecule has 1 aromatic heterocycles. The molecule has 0 spiro atoms. The van der Waals surface area contributed by atoms with Crippen LogP contribution < -0.4 is 11.1 Å². The Morgan fingerprint density at radius 3 is 2.95 bits per heavy atom. The van der Waals surface area contributed by atoms with Gasteiger partial charge < -0.3 is 11.1 Å². The van der Waals surface area contributed by atoms with E-state index in [1.54, 1.807) is 6.07 Å². The average molecular weight is 294 g/mol. The number of carbonyl (C=O) groups is 1. The highest BCUT2D eigenvalue weighted by Gasteiger charge is 2.18. The summed E-state index contributed by atoms with van der Waals surface area (Å²) in [5.74, 6) is -0.516. The van der Waals surface area contributed by atoms with Crippen molar-refractivity contribution in [1.29, 1.82) is 0 Å². The van der Waals surface area contributed by atoms with Crippen molar-refractivity contribution in [3.8, 4) is 0 Å². The van der Waals surface area contributed by atoms with E-state index in [-0.39, 0.29) is 17.8 Å². The molecule has 0 fully saturated rings. The molecule has 0 aliphatic rings. The number of hydrogen-bond donors (Lipinski definition) is 2. The number of halogens is 1. The van der Waals surface area contributed by atoms with Gasteiger partial charge in [0.1, 0.15) is 10.7 Å². The Hall–Kier alpha value is -1.62. The van der Waals surface area contributed by atoms with Crippen molar-refractivity contribution in [1.82, 2.24) is 5.32 Å². The van der Waals surface area contributed by atoms with Gasteiger partial charge in [-0.25, -0.2) is 4.39 Å². The van der Waals surface area contributed by atoms with E-state index in [0.29, 0.717) is 16.0 Å². The molecule has 1 heterocycles. The van der Waals surface area contributed by atoms with Crippen LogP contribution in [0.1, 0.15) is 42.8 Å². The average Bonchev–Trinajstić information content (AvgIpc) is 2.74.